The number of piperidine rings is 2. The number of nitrogens with zero attached hydrogens (tertiary/aromatic N) is 7. The van der Waals surface area contributed by atoms with Crippen LogP contribution in [0, 0.1) is 0 Å². The molecule has 4 fully saturated rings. The summed E-state index contributed by atoms with van der Waals surface area (Å²) in [5.74, 6) is -0.868. The quantitative estimate of drug-likeness (QED) is 0.0989. The molecule has 1 atom stereocenters. The maximum absolute atomic E-state index is 13.6. The Labute approximate surface area is 383 Å². The SMILES string of the molecule is O=C1CCC(N2C(=O)c3cccc(OCC(=O)NCCOCCOCCOCCN4CCN(S(=O)(=O)N5CCC(Nc6ncc7ccc(=O)n(C8CCCC8)c7n6)CC5)CC4)c3C2=O)CN1. The van der Waals surface area contributed by atoms with Crippen molar-refractivity contribution >= 4 is 50.8 Å². The third-order valence-corrected chi connectivity index (χ3v) is 14.9. The molecule has 2 aromatic heterocycles. The summed E-state index contributed by atoms with van der Waals surface area (Å²) < 4.78 is 54.6. The van der Waals surface area contributed by atoms with Gasteiger partial charge in [-0.25, -0.2) is 4.98 Å². The van der Waals surface area contributed by atoms with Crippen LogP contribution < -0.4 is 26.2 Å². The molecule has 0 spiro atoms. The second-order valence-corrected chi connectivity index (χ2v) is 19.1. The van der Waals surface area contributed by atoms with Crippen LogP contribution in [0.4, 0.5) is 5.95 Å². The summed E-state index contributed by atoms with van der Waals surface area (Å²) in [7, 11) is -3.59. The van der Waals surface area contributed by atoms with Crippen LogP contribution >= 0.6 is 0 Å². The van der Waals surface area contributed by atoms with E-state index in [0.29, 0.717) is 110 Å². The minimum atomic E-state index is -3.59. The first-order valence-electron chi connectivity index (χ1n) is 23.1. The molecular weight excluding hydrogens is 877 g/mol. The Bertz CT molecular complexity index is 2370. The average Bonchev–Trinajstić information content (AvgIpc) is 3.95. The Kier molecular flexibility index (Phi) is 15.9. The number of amides is 4. The molecule has 6 heterocycles. The second kappa shape index (κ2) is 22.1. The molecule has 4 amide bonds. The molecule has 66 heavy (non-hydrogen) atoms. The Hall–Kier alpha value is -5.10. The molecule has 3 N–H and O–H groups in total. The van der Waals surface area contributed by atoms with Crippen molar-refractivity contribution in [3.63, 3.8) is 0 Å². The molecule has 0 bridgehead atoms. The van der Waals surface area contributed by atoms with Gasteiger partial charge in [-0.15, -0.1) is 0 Å². The standard InChI is InChI=1S/C44H60N10O11S/c55-37-10-9-34(29-46-37)54-42(58)35-6-3-7-36(40(35)43(54)59)65-30-38(56)45-14-22-62-24-26-64-27-25-63-23-21-50-17-19-52(20-18-50)66(60,61)51-15-12-32(13-16-51)48-44-47-28-31-8-11-39(57)53(41(31)49-44)33-4-1-2-5-33/h3,6-8,11,28,32-34H,1-2,4-5,9-10,12-27,29-30H2,(H,45,56)(H,46,55)(H,47,48,49). The zero-order chi connectivity index (χ0) is 46.0. The van der Waals surface area contributed by atoms with Gasteiger partial charge in [0.1, 0.15) is 11.4 Å². The number of hydrogen-bond donors (Lipinski definition) is 3. The molecule has 1 aromatic carbocycles. The summed E-state index contributed by atoms with van der Waals surface area (Å²) in [5, 5.41) is 9.62. The van der Waals surface area contributed by atoms with Gasteiger partial charge in [0.2, 0.25) is 11.9 Å². The highest BCUT2D eigenvalue weighted by molar-refractivity contribution is 7.86. The molecule has 3 aromatic rings. The lowest BCUT2D eigenvalue weighted by Gasteiger charge is -2.38. The van der Waals surface area contributed by atoms with Gasteiger partial charge >= 0.3 is 0 Å². The van der Waals surface area contributed by atoms with Gasteiger partial charge in [-0.1, -0.05) is 18.9 Å². The van der Waals surface area contributed by atoms with Crippen molar-refractivity contribution in [1.82, 2.24) is 43.6 Å². The molecule has 1 unspecified atom stereocenters. The number of pyridine rings is 1. The Morgan fingerprint density at radius 2 is 1.50 bits per heavy atom. The van der Waals surface area contributed by atoms with E-state index >= 15 is 0 Å². The Balaban J connectivity index is 0.636. The van der Waals surface area contributed by atoms with E-state index in [1.807, 2.05) is 4.57 Å². The van der Waals surface area contributed by atoms with Gasteiger partial charge in [-0.2, -0.15) is 22.0 Å². The molecule has 22 heteroatoms. The summed E-state index contributed by atoms with van der Waals surface area (Å²) in [6, 6.07) is 7.78. The fourth-order valence-corrected chi connectivity index (χ4v) is 10.9. The smallest absolute Gasteiger partial charge is 0.282 e. The van der Waals surface area contributed by atoms with Gasteiger partial charge in [0, 0.05) is 95.1 Å². The predicted molar refractivity (Wildman–Crippen MR) is 240 cm³/mol. The maximum Gasteiger partial charge on any atom is 0.282 e. The molecular formula is C44H60N10O11S. The molecule has 358 valence electrons. The molecule has 21 nitrogen and oxygen atoms in total. The minimum absolute atomic E-state index is 0.0172. The van der Waals surface area contributed by atoms with E-state index in [1.54, 1.807) is 45.1 Å². The van der Waals surface area contributed by atoms with Gasteiger partial charge < -0.3 is 34.9 Å². The van der Waals surface area contributed by atoms with E-state index < -0.39 is 34.0 Å². The van der Waals surface area contributed by atoms with Crippen LogP contribution in [0.1, 0.15) is 78.1 Å². The summed E-state index contributed by atoms with van der Waals surface area (Å²) in [5.41, 5.74) is 0.929. The average molecular weight is 937 g/mol. The Morgan fingerprint density at radius 1 is 0.788 bits per heavy atom. The topological polar surface area (TPSA) is 236 Å². The van der Waals surface area contributed by atoms with Crippen molar-refractivity contribution in [3.05, 3.63) is 58.0 Å². The van der Waals surface area contributed by atoms with Crippen molar-refractivity contribution in [3.8, 4) is 5.75 Å². The highest BCUT2D eigenvalue weighted by Gasteiger charge is 2.43. The van der Waals surface area contributed by atoms with Gasteiger partial charge in [0.15, 0.2) is 6.61 Å². The number of piperazine rings is 1. The number of rotatable bonds is 21. The number of carbonyl (C=O) groups excluding carboxylic acids is 4. The fourth-order valence-electron chi connectivity index (χ4n) is 9.24. The molecule has 1 aliphatic carbocycles. The van der Waals surface area contributed by atoms with E-state index in [9.17, 15) is 32.4 Å². The van der Waals surface area contributed by atoms with Crippen molar-refractivity contribution in [2.24, 2.45) is 0 Å². The van der Waals surface area contributed by atoms with Crippen LogP contribution in [0.2, 0.25) is 0 Å². The van der Waals surface area contributed by atoms with Crippen LogP contribution in [0.25, 0.3) is 11.0 Å². The summed E-state index contributed by atoms with van der Waals surface area (Å²) in [6.45, 7) is 5.87. The molecule has 1 saturated carbocycles. The van der Waals surface area contributed by atoms with Crippen molar-refractivity contribution in [2.75, 3.05) is 110 Å². The lowest BCUT2D eigenvalue weighted by molar-refractivity contribution is -0.123. The number of imide groups is 1. The van der Waals surface area contributed by atoms with Crippen molar-refractivity contribution < 1.29 is 46.5 Å². The predicted octanol–water partition coefficient (Wildman–Crippen LogP) is 0.765. The van der Waals surface area contributed by atoms with Crippen LogP contribution in [0.15, 0.2) is 41.3 Å². The highest BCUT2D eigenvalue weighted by atomic mass is 32.2. The molecule has 4 aliphatic heterocycles. The first kappa shape index (κ1) is 47.4. The van der Waals surface area contributed by atoms with Crippen LogP contribution in [0.5, 0.6) is 5.75 Å². The third-order valence-electron chi connectivity index (χ3n) is 12.9. The van der Waals surface area contributed by atoms with Gasteiger partial charge in [-0.05, 0) is 50.3 Å². The zero-order valence-electron chi connectivity index (χ0n) is 37.2. The second-order valence-electron chi connectivity index (χ2n) is 17.1. The summed E-state index contributed by atoms with van der Waals surface area (Å²) >= 11 is 0. The van der Waals surface area contributed by atoms with Gasteiger partial charge in [0.05, 0.1) is 56.8 Å². The first-order valence-corrected chi connectivity index (χ1v) is 24.5. The number of benzene rings is 1. The lowest BCUT2D eigenvalue weighted by atomic mass is 10.1. The number of hydrogen-bond acceptors (Lipinski definition) is 15. The van der Waals surface area contributed by atoms with Gasteiger partial charge in [-0.3, -0.25) is 38.3 Å². The minimum Gasteiger partial charge on any atom is -0.483 e. The molecule has 3 saturated heterocycles. The zero-order valence-corrected chi connectivity index (χ0v) is 38.0. The number of fused-ring (bicyclic) bond motifs is 2. The third kappa shape index (κ3) is 11.3. The lowest BCUT2D eigenvalue weighted by Crippen LogP contribution is -2.55. The van der Waals surface area contributed by atoms with E-state index in [4.69, 9.17) is 23.9 Å². The van der Waals surface area contributed by atoms with E-state index in [2.05, 4.69) is 25.8 Å². The van der Waals surface area contributed by atoms with E-state index in [-0.39, 0.29) is 73.2 Å². The number of ether oxygens (including phenoxy) is 4. The number of aromatic nitrogens is 3. The molecule has 8 rings (SSSR count). The molecule has 0 radical (unpaired) electrons. The maximum atomic E-state index is 13.6. The van der Waals surface area contributed by atoms with Gasteiger partial charge in [0.25, 0.3) is 33.5 Å². The van der Waals surface area contributed by atoms with Crippen molar-refractivity contribution in [1.29, 1.82) is 0 Å². The first-order chi connectivity index (χ1) is 32.1. The van der Waals surface area contributed by atoms with Crippen molar-refractivity contribution in [2.45, 2.75) is 69.5 Å². The van der Waals surface area contributed by atoms with E-state index in [1.165, 1.54) is 4.90 Å². The Morgan fingerprint density at radius 3 is 2.23 bits per heavy atom. The van der Waals surface area contributed by atoms with E-state index in [0.717, 1.165) is 31.1 Å². The summed E-state index contributed by atoms with van der Waals surface area (Å²) in [6.07, 6.45) is 7.76. The normalized spacial score (nSPS) is 20.5. The number of carbonyl (C=O) groups is 4. The highest BCUT2D eigenvalue weighted by Crippen LogP contribution is 2.34. The monoisotopic (exact) mass is 936 g/mol. The summed E-state index contributed by atoms with van der Waals surface area (Å²) in [4.78, 5) is 75.6. The largest absolute Gasteiger partial charge is 0.483 e. The van der Waals surface area contributed by atoms with Crippen LogP contribution in [-0.4, -0.2) is 182 Å². The number of nitrogens with one attached hydrogen (secondary N) is 3. The van der Waals surface area contributed by atoms with Crippen LogP contribution in [0.3, 0.4) is 0 Å². The van der Waals surface area contributed by atoms with Crippen LogP contribution in [-0.2, 0) is 34.0 Å². The fraction of sp³-hybridized carbons (Fsp3) is 0.614. The molecule has 5 aliphatic rings. The number of anilines is 1.